The minimum Gasteiger partial charge on any atom is -0.481 e. The van der Waals surface area contributed by atoms with Crippen LogP contribution >= 0.6 is 0 Å². The Morgan fingerprint density at radius 2 is 2.14 bits per heavy atom. The summed E-state index contributed by atoms with van der Waals surface area (Å²) in [6.07, 6.45) is 6.99. The van der Waals surface area contributed by atoms with Crippen LogP contribution in [0.2, 0.25) is 0 Å². The Morgan fingerprint density at radius 3 is 2.64 bits per heavy atom. The van der Waals surface area contributed by atoms with Crippen LogP contribution in [0, 0.1) is 5.41 Å². The van der Waals surface area contributed by atoms with Gasteiger partial charge in [-0.1, -0.05) is 0 Å². The van der Waals surface area contributed by atoms with Crippen LogP contribution in [-0.4, -0.2) is 22.5 Å². The van der Waals surface area contributed by atoms with Crippen LogP contribution in [0.4, 0.5) is 0 Å². The Hall–Kier alpha value is -1.45. The zero-order chi connectivity index (χ0) is 10.0. The molecule has 1 saturated carbocycles. The number of rotatable bonds is 3. The molecule has 0 aliphatic heterocycles. The lowest BCUT2D eigenvalue weighted by Gasteiger charge is -2.15. The molecule has 1 aromatic heterocycles. The van der Waals surface area contributed by atoms with Gasteiger partial charge in [0.1, 0.15) is 6.33 Å². The van der Waals surface area contributed by atoms with Gasteiger partial charge in [-0.15, -0.1) is 0 Å². The minimum atomic E-state index is -0.211. The molecule has 2 rings (SSSR count). The first kappa shape index (κ1) is 9.12. The summed E-state index contributed by atoms with van der Waals surface area (Å²) in [7, 11) is 0. The Labute approximate surface area is 82.9 Å². The second-order valence-electron chi connectivity index (χ2n) is 3.47. The van der Waals surface area contributed by atoms with Crippen LogP contribution < -0.4 is 0 Å². The molecule has 74 valence electrons. The normalized spacial score (nSPS) is 17.5. The van der Waals surface area contributed by atoms with Gasteiger partial charge >= 0.3 is 0 Å². The number of nitrogens with one attached hydrogen (secondary N) is 1. The van der Waals surface area contributed by atoms with Gasteiger partial charge in [0.25, 0.3) is 0 Å². The quantitative estimate of drug-likeness (QED) is 0.582. The summed E-state index contributed by atoms with van der Waals surface area (Å²) >= 11 is 0. The van der Waals surface area contributed by atoms with Crippen molar-refractivity contribution in [3.8, 4) is 0 Å². The molecule has 1 aliphatic rings. The average Bonchev–Trinajstić information content (AvgIpc) is 3.00. The van der Waals surface area contributed by atoms with Crippen molar-refractivity contribution >= 4 is 5.90 Å². The molecule has 0 bridgehead atoms. The standard InChI is InChI=1S/C10H13N3O/c1-2-14-9(11)10(3-4-10)8-5-12-7-13-6-8/h5-7,11H,2-4H2,1H3. The van der Waals surface area contributed by atoms with E-state index in [0.717, 1.165) is 18.4 Å². The van der Waals surface area contributed by atoms with Crippen LogP contribution in [0.25, 0.3) is 0 Å². The number of hydrogen-bond donors (Lipinski definition) is 1. The van der Waals surface area contributed by atoms with E-state index in [1.807, 2.05) is 6.92 Å². The van der Waals surface area contributed by atoms with Gasteiger partial charge in [-0.05, 0) is 19.8 Å². The smallest absolute Gasteiger partial charge is 0.191 e. The van der Waals surface area contributed by atoms with Gasteiger partial charge in [0.2, 0.25) is 0 Å². The largest absolute Gasteiger partial charge is 0.481 e. The number of hydrogen-bond acceptors (Lipinski definition) is 4. The lowest BCUT2D eigenvalue weighted by atomic mass is 9.99. The molecule has 1 aromatic rings. The Morgan fingerprint density at radius 1 is 1.50 bits per heavy atom. The van der Waals surface area contributed by atoms with E-state index < -0.39 is 0 Å². The molecule has 0 radical (unpaired) electrons. The number of aromatic nitrogens is 2. The molecule has 0 aromatic carbocycles. The van der Waals surface area contributed by atoms with Crippen LogP contribution in [0.1, 0.15) is 25.3 Å². The van der Waals surface area contributed by atoms with Gasteiger partial charge in [0.05, 0.1) is 12.0 Å². The summed E-state index contributed by atoms with van der Waals surface area (Å²) < 4.78 is 5.25. The predicted molar refractivity (Wildman–Crippen MR) is 52.3 cm³/mol. The molecule has 0 amide bonds. The van der Waals surface area contributed by atoms with Crippen LogP contribution in [-0.2, 0) is 10.2 Å². The van der Waals surface area contributed by atoms with Crippen molar-refractivity contribution in [3.63, 3.8) is 0 Å². The molecule has 1 aliphatic carbocycles. The third-order valence-corrected chi connectivity index (χ3v) is 2.59. The number of nitrogens with zero attached hydrogens (tertiary/aromatic N) is 2. The predicted octanol–water partition coefficient (Wildman–Crippen LogP) is 1.52. The van der Waals surface area contributed by atoms with Gasteiger partial charge in [-0.2, -0.15) is 0 Å². The lowest BCUT2D eigenvalue weighted by Crippen LogP contribution is -2.22. The van der Waals surface area contributed by atoms with E-state index in [2.05, 4.69) is 9.97 Å². The summed E-state index contributed by atoms with van der Waals surface area (Å²) in [6, 6.07) is 0. The fraction of sp³-hybridized carbons (Fsp3) is 0.500. The Balaban J connectivity index is 2.21. The van der Waals surface area contributed by atoms with Crippen LogP contribution in [0.15, 0.2) is 18.7 Å². The van der Waals surface area contributed by atoms with Crippen molar-refractivity contribution in [1.82, 2.24) is 9.97 Å². The van der Waals surface area contributed by atoms with E-state index in [4.69, 9.17) is 10.1 Å². The molecule has 4 nitrogen and oxygen atoms in total. The molecule has 0 atom stereocenters. The van der Waals surface area contributed by atoms with Crippen LogP contribution in [0.5, 0.6) is 0 Å². The molecule has 1 fully saturated rings. The van der Waals surface area contributed by atoms with E-state index in [9.17, 15) is 0 Å². The zero-order valence-electron chi connectivity index (χ0n) is 8.16. The molecular formula is C10H13N3O. The molecule has 0 spiro atoms. The molecule has 4 heteroatoms. The van der Waals surface area contributed by atoms with Gasteiger partial charge < -0.3 is 4.74 Å². The molecule has 1 N–H and O–H groups in total. The zero-order valence-corrected chi connectivity index (χ0v) is 8.16. The first-order valence-electron chi connectivity index (χ1n) is 4.77. The van der Waals surface area contributed by atoms with Gasteiger partial charge in [-0.3, -0.25) is 5.41 Å². The highest BCUT2D eigenvalue weighted by Gasteiger charge is 2.50. The maximum Gasteiger partial charge on any atom is 0.191 e. The van der Waals surface area contributed by atoms with Crippen molar-refractivity contribution in [2.45, 2.75) is 25.2 Å². The molecule has 14 heavy (non-hydrogen) atoms. The summed E-state index contributed by atoms with van der Waals surface area (Å²) in [5.41, 5.74) is 0.788. The summed E-state index contributed by atoms with van der Waals surface area (Å²) in [4.78, 5) is 7.94. The van der Waals surface area contributed by atoms with Crippen molar-refractivity contribution in [3.05, 3.63) is 24.3 Å². The van der Waals surface area contributed by atoms with E-state index in [-0.39, 0.29) is 5.41 Å². The van der Waals surface area contributed by atoms with E-state index >= 15 is 0 Å². The van der Waals surface area contributed by atoms with Crippen molar-refractivity contribution < 1.29 is 4.74 Å². The third kappa shape index (κ3) is 1.36. The van der Waals surface area contributed by atoms with E-state index in [1.165, 1.54) is 6.33 Å². The highest BCUT2D eigenvalue weighted by atomic mass is 16.5. The van der Waals surface area contributed by atoms with Crippen molar-refractivity contribution in [2.24, 2.45) is 0 Å². The monoisotopic (exact) mass is 191 g/mol. The lowest BCUT2D eigenvalue weighted by molar-refractivity contribution is 0.305. The first-order valence-corrected chi connectivity index (χ1v) is 4.77. The van der Waals surface area contributed by atoms with Gasteiger partial charge in [0.15, 0.2) is 5.90 Å². The number of ether oxygens (including phenoxy) is 1. The topological polar surface area (TPSA) is 58.9 Å². The third-order valence-electron chi connectivity index (χ3n) is 2.59. The van der Waals surface area contributed by atoms with Crippen LogP contribution in [0.3, 0.4) is 0 Å². The van der Waals surface area contributed by atoms with Crippen molar-refractivity contribution in [1.29, 1.82) is 5.41 Å². The Bertz CT molecular complexity index is 332. The maximum absolute atomic E-state index is 7.81. The second kappa shape index (κ2) is 3.36. The minimum absolute atomic E-state index is 0.211. The second-order valence-corrected chi connectivity index (χ2v) is 3.47. The SMILES string of the molecule is CCOC(=N)C1(c2cncnc2)CC1. The molecule has 1 heterocycles. The summed E-state index contributed by atoms with van der Waals surface area (Å²) in [6.45, 7) is 2.44. The first-order chi connectivity index (χ1) is 6.79. The Kier molecular flexibility index (Phi) is 2.19. The highest BCUT2D eigenvalue weighted by Crippen LogP contribution is 2.48. The maximum atomic E-state index is 7.81. The summed E-state index contributed by atoms with van der Waals surface area (Å²) in [5, 5.41) is 7.81. The molecule has 0 unspecified atom stereocenters. The average molecular weight is 191 g/mol. The van der Waals surface area contributed by atoms with Gasteiger partial charge in [-0.25, -0.2) is 9.97 Å². The fourth-order valence-electron chi connectivity index (χ4n) is 1.60. The van der Waals surface area contributed by atoms with E-state index in [1.54, 1.807) is 12.4 Å². The molecular weight excluding hydrogens is 178 g/mol. The molecule has 0 saturated heterocycles. The summed E-state index contributed by atoms with van der Waals surface area (Å²) in [5.74, 6) is 0.356. The van der Waals surface area contributed by atoms with Gasteiger partial charge in [0, 0.05) is 18.0 Å². The van der Waals surface area contributed by atoms with Crippen molar-refractivity contribution in [2.75, 3.05) is 6.61 Å². The highest BCUT2D eigenvalue weighted by molar-refractivity contribution is 5.88. The van der Waals surface area contributed by atoms with E-state index in [0.29, 0.717) is 12.5 Å². The fourth-order valence-corrected chi connectivity index (χ4v) is 1.60.